The Labute approximate surface area is 197 Å². The average Bonchev–Trinajstić information content (AvgIpc) is 2.78. The van der Waals surface area contributed by atoms with E-state index in [0.717, 1.165) is 42.5 Å². The van der Waals surface area contributed by atoms with Crippen LogP contribution in [-0.2, 0) is 22.3 Å². The third-order valence-corrected chi connectivity index (χ3v) is 5.41. The molecule has 1 fully saturated rings. The van der Waals surface area contributed by atoms with Gasteiger partial charge in [-0.25, -0.2) is 13.6 Å². The lowest BCUT2D eigenvalue weighted by Crippen LogP contribution is -2.52. The molecule has 35 heavy (non-hydrogen) atoms. The van der Waals surface area contributed by atoms with Gasteiger partial charge in [-0.15, -0.1) is 0 Å². The number of aliphatic hydroxyl groups is 1. The lowest BCUT2D eigenvalue weighted by atomic mass is 9.97. The van der Waals surface area contributed by atoms with Crippen LogP contribution in [0.5, 0.6) is 0 Å². The normalized spacial score (nSPS) is 20.2. The van der Waals surface area contributed by atoms with E-state index in [1.54, 1.807) is 0 Å². The molecule has 7 nitrogen and oxygen atoms in total. The summed E-state index contributed by atoms with van der Waals surface area (Å²) in [5, 5.41) is 17.2. The summed E-state index contributed by atoms with van der Waals surface area (Å²) in [5.74, 6) is -1.92. The number of nitrogens with one attached hydrogen (secondary N) is 3. The summed E-state index contributed by atoms with van der Waals surface area (Å²) in [4.78, 5) is 24.5. The summed E-state index contributed by atoms with van der Waals surface area (Å²) in [5.41, 5.74) is -0.430. The fraction of sp³-hybridized carbons (Fsp3) is 0.391. The van der Waals surface area contributed by atoms with Crippen LogP contribution in [0, 0.1) is 11.6 Å². The Morgan fingerprint density at radius 1 is 1.03 bits per heavy atom. The van der Waals surface area contributed by atoms with E-state index in [1.807, 2.05) is 0 Å². The van der Waals surface area contributed by atoms with Gasteiger partial charge in [0.2, 0.25) is 5.91 Å². The Morgan fingerprint density at radius 3 is 2.29 bits per heavy atom. The number of benzene rings is 2. The summed E-state index contributed by atoms with van der Waals surface area (Å²) >= 11 is 0. The Morgan fingerprint density at radius 2 is 1.69 bits per heavy atom. The van der Waals surface area contributed by atoms with Crippen molar-refractivity contribution in [2.45, 2.75) is 50.2 Å². The van der Waals surface area contributed by atoms with Crippen LogP contribution in [0.4, 0.5) is 32.4 Å². The molecule has 12 heteroatoms. The van der Waals surface area contributed by atoms with Crippen molar-refractivity contribution in [3.8, 4) is 0 Å². The Hall–Kier alpha value is -3.25. The number of halogens is 5. The molecule has 4 N–H and O–H groups in total. The van der Waals surface area contributed by atoms with Gasteiger partial charge in [-0.1, -0.05) is 0 Å². The minimum Gasteiger partial charge on any atom is -0.394 e. The quantitative estimate of drug-likeness (QED) is 0.435. The maximum atomic E-state index is 13.2. The van der Waals surface area contributed by atoms with Gasteiger partial charge >= 0.3 is 12.2 Å². The monoisotopic (exact) mass is 501 g/mol. The van der Waals surface area contributed by atoms with E-state index in [1.165, 1.54) is 0 Å². The number of anilines is 1. The van der Waals surface area contributed by atoms with Crippen molar-refractivity contribution in [3.05, 3.63) is 65.2 Å². The lowest BCUT2D eigenvalue weighted by molar-refractivity contribution is -0.137. The van der Waals surface area contributed by atoms with Crippen LogP contribution in [0.15, 0.2) is 42.5 Å². The van der Waals surface area contributed by atoms with Gasteiger partial charge < -0.3 is 25.8 Å². The largest absolute Gasteiger partial charge is 0.416 e. The first-order chi connectivity index (χ1) is 16.5. The van der Waals surface area contributed by atoms with Gasteiger partial charge in [0, 0.05) is 18.3 Å². The van der Waals surface area contributed by atoms with E-state index < -0.39 is 60.2 Å². The smallest absolute Gasteiger partial charge is 0.394 e. The highest BCUT2D eigenvalue weighted by molar-refractivity contribution is 5.89. The molecule has 0 radical (unpaired) electrons. The molecule has 3 atom stereocenters. The van der Waals surface area contributed by atoms with Crippen LogP contribution in [0.25, 0.3) is 0 Å². The lowest BCUT2D eigenvalue weighted by Gasteiger charge is -2.35. The number of rotatable bonds is 7. The molecular weight excluding hydrogens is 477 g/mol. The zero-order valence-corrected chi connectivity index (χ0v) is 18.4. The van der Waals surface area contributed by atoms with Gasteiger partial charge in [0.05, 0.1) is 30.7 Å². The Bertz CT molecular complexity index is 1010. The molecule has 0 spiro atoms. The maximum Gasteiger partial charge on any atom is 0.416 e. The topological polar surface area (TPSA) is 99.7 Å². The molecule has 1 saturated heterocycles. The third-order valence-electron chi connectivity index (χ3n) is 5.41. The number of aliphatic hydroxyl groups excluding tert-OH is 1. The molecule has 190 valence electrons. The maximum absolute atomic E-state index is 13.2. The van der Waals surface area contributed by atoms with Crippen molar-refractivity contribution < 1.29 is 41.4 Å². The van der Waals surface area contributed by atoms with Crippen LogP contribution in [0.2, 0.25) is 0 Å². The molecule has 0 saturated carbocycles. The van der Waals surface area contributed by atoms with Gasteiger partial charge in [0.1, 0.15) is 17.7 Å². The second-order valence-electron chi connectivity index (χ2n) is 8.10. The number of hydrogen-bond donors (Lipinski definition) is 4. The molecule has 2 aromatic rings. The van der Waals surface area contributed by atoms with Crippen LogP contribution < -0.4 is 16.0 Å². The first-order valence-electron chi connectivity index (χ1n) is 10.8. The van der Waals surface area contributed by atoms with E-state index in [-0.39, 0.29) is 24.2 Å². The standard InChI is InChI=1S/C23H24F5N3O4/c24-15-7-13(8-16(25)9-15)11-29-21(33)10-18-5-6-19(20(12-32)35-18)31-22(34)30-17-3-1-14(2-4-17)23(26,27)28/h1-4,7-9,18-20,32H,5-6,10-12H2,(H,29,33)(H2,30,31,34)/t18-,19+,20-/m0/s1. The second kappa shape index (κ2) is 11.5. The molecule has 3 rings (SSSR count). The summed E-state index contributed by atoms with van der Waals surface area (Å²) in [6, 6.07) is 5.59. The fourth-order valence-corrected chi connectivity index (χ4v) is 3.72. The predicted molar refractivity (Wildman–Crippen MR) is 115 cm³/mol. The Balaban J connectivity index is 1.46. The number of carbonyl (C=O) groups is 2. The van der Waals surface area contributed by atoms with Crippen molar-refractivity contribution >= 4 is 17.6 Å². The van der Waals surface area contributed by atoms with Gasteiger partial charge in [-0.2, -0.15) is 13.2 Å². The molecule has 3 amide bonds. The minimum atomic E-state index is -4.49. The number of amides is 3. The number of carbonyl (C=O) groups excluding carboxylic acids is 2. The van der Waals surface area contributed by atoms with Crippen LogP contribution in [-0.4, -0.2) is 41.9 Å². The van der Waals surface area contributed by atoms with Gasteiger partial charge in [0.25, 0.3) is 0 Å². The van der Waals surface area contributed by atoms with Crippen molar-refractivity contribution in [1.29, 1.82) is 0 Å². The zero-order chi connectivity index (χ0) is 25.6. The SMILES string of the molecule is O=C(C[C@@H]1CC[C@@H](NC(=O)Nc2ccc(C(F)(F)F)cc2)[C@H](CO)O1)NCc1cc(F)cc(F)c1. The zero-order valence-electron chi connectivity index (χ0n) is 18.4. The van der Waals surface area contributed by atoms with E-state index in [0.29, 0.717) is 12.8 Å². The molecular formula is C23H24F5N3O4. The predicted octanol–water partition coefficient (Wildman–Crippen LogP) is 3.72. The van der Waals surface area contributed by atoms with Gasteiger partial charge in [-0.3, -0.25) is 4.79 Å². The van der Waals surface area contributed by atoms with Crippen molar-refractivity contribution in [2.75, 3.05) is 11.9 Å². The molecule has 1 aliphatic heterocycles. The van der Waals surface area contributed by atoms with Crippen molar-refractivity contribution in [3.63, 3.8) is 0 Å². The van der Waals surface area contributed by atoms with Crippen molar-refractivity contribution in [2.24, 2.45) is 0 Å². The Kier molecular flexibility index (Phi) is 8.62. The fourth-order valence-electron chi connectivity index (χ4n) is 3.72. The summed E-state index contributed by atoms with van der Waals surface area (Å²) in [6.07, 6.45) is -5.15. The van der Waals surface area contributed by atoms with Crippen LogP contribution in [0.1, 0.15) is 30.4 Å². The highest BCUT2D eigenvalue weighted by atomic mass is 19.4. The van der Waals surface area contributed by atoms with Gasteiger partial charge in [0.15, 0.2) is 0 Å². The number of ether oxygens (including phenoxy) is 1. The van der Waals surface area contributed by atoms with E-state index >= 15 is 0 Å². The first-order valence-corrected chi connectivity index (χ1v) is 10.8. The summed E-state index contributed by atoms with van der Waals surface area (Å²) in [6.45, 7) is -0.510. The number of alkyl halides is 3. The number of hydrogen-bond acceptors (Lipinski definition) is 4. The highest BCUT2D eigenvalue weighted by Crippen LogP contribution is 2.30. The van der Waals surface area contributed by atoms with Crippen molar-refractivity contribution in [1.82, 2.24) is 10.6 Å². The highest BCUT2D eigenvalue weighted by Gasteiger charge is 2.33. The third kappa shape index (κ3) is 7.89. The molecule has 0 aliphatic carbocycles. The van der Waals surface area contributed by atoms with E-state index in [4.69, 9.17) is 4.74 Å². The molecule has 0 aromatic heterocycles. The van der Waals surface area contributed by atoms with Gasteiger partial charge in [-0.05, 0) is 54.8 Å². The van der Waals surface area contributed by atoms with Crippen LogP contribution >= 0.6 is 0 Å². The second-order valence-corrected chi connectivity index (χ2v) is 8.10. The molecule has 2 aromatic carbocycles. The minimum absolute atomic E-state index is 0.0568. The molecule has 1 heterocycles. The molecule has 0 bridgehead atoms. The summed E-state index contributed by atoms with van der Waals surface area (Å²) < 4.78 is 70.1. The van der Waals surface area contributed by atoms with E-state index in [9.17, 15) is 36.6 Å². The van der Waals surface area contributed by atoms with Crippen LogP contribution in [0.3, 0.4) is 0 Å². The number of urea groups is 1. The average molecular weight is 501 g/mol. The molecule has 0 unspecified atom stereocenters. The van der Waals surface area contributed by atoms with E-state index in [2.05, 4.69) is 16.0 Å². The molecule has 1 aliphatic rings. The summed E-state index contributed by atoms with van der Waals surface area (Å²) in [7, 11) is 0. The first kappa shape index (κ1) is 26.4.